The Hall–Kier alpha value is -3.58. The van der Waals surface area contributed by atoms with E-state index in [0.29, 0.717) is 23.8 Å². The number of amides is 1. The van der Waals surface area contributed by atoms with E-state index < -0.39 is 0 Å². The molecule has 1 amide bonds. The number of hydrogen-bond acceptors (Lipinski definition) is 6. The zero-order chi connectivity index (χ0) is 25.9. The van der Waals surface area contributed by atoms with Crippen LogP contribution in [0.3, 0.4) is 0 Å². The third-order valence-corrected chi connectivity index (χ3v) is 7.78. The summed E-state index contributed by atoms with van der Waals surface area (Å²) in [5, 5.41) is 5.44. The number of hydrogen-bond donors (Lipinski definition) is 1. The summed E-state index contributed by atoms with van der Waals surface area (Å²) in [7, 11) is 3.29. The highest BCUT2D eigenvalue weighted by molar-refractivity contribution is 7.16. The summed E-state index contributed by atoms with van der Waals surface area (Å²) in [4.78, 5) is 19.8. The highest BCUT2D eigenvalue weighted by atomic mass is 32.1. The van der Waals surface area contributed by atoms with Gasteiger partial charge in [-0.1, -0.05) is 13.8 Å². The van der Waals surface area contributed by atoms with Gasteiger partial charge in [0.1, 0.15) is 27.8 Å². The van der Waals surface area contributed by atoms with E-state index in [-0.39, 0.29) is 5.91 Å². The van der Waals surface area contributed by atoms with Gasteiger partial charge in [0.15, 0.2) is 0 Å². The lowest BCUT2D eigenvalue weighted by atomic mass is 9.95. The minimum absolute atomic E-state index is 0.0373. The van der Waals surface area contributed by atoms with Gasteiger partial charge < -0.3 is 19.2 Å². The highest BCUT2D eigenvalue weighted by Gasteiger charge is 2.25. The standard InChI is InChI=1S/C30H32N2O4S/c1-18(2)17-31-29(33)28-22-7-5-6-8-27(22)37-30(28)32-24-16-26(19-9-11-20(34-3)12-10-19)36-25-14-13-21(35-4)15-23(24)25/h9-16,18H,5-8,17H2,1-4H3,(H,31,33). The molecule has 2 heterocycles. The van der Waals surface area contributed by atoms with Crippen LogP contribution in [0.5, 0.6) is 11.5 Å². The van der Waals surface area contributed by atoms with Gasteiger partial charge in [-0.15, -0.1) is 11.3 Å². The molecule has 5 rings (SSSR count). The van der Waals surface area contributed by atoms with E-state index in [2.05, 4.69) is 19.2 Å². The van der Waals surface area contributed by atoms with E-state index in [4.69, 9.17) is 18.9 Å². The summed E-state index contributed by atoms with van der Waals surface area (Å²) in [6.07, 6.45) is 4.16. The summed E-state index contributed by atoms with van der Waals surface area (Å²) < 4.78 is 17.1. The van der Waals surface area contributed by atoms with Crippen LogP contribution in [-0.2, 0) is 12.8 Å². The fourth-order valence-corrected chi connectivity index (χ4v) is 5.89. The first-order valence-electron chi connectivity index (χ1n) is 12.7. The Bertz CT molecular complexity index is 1500. The molecule has 0 atom stereocenters. The molecule has 4 aromatic rings. The van der Waals surface area contributed by atoms with Crippen molar-refractivity contribution >= 4 is 33.2 Å². The average Bonchev–Trinajstić information content (AvgIpc) is 3.29. The molecule has 192 valence electrons. The average molecular weight is 517 g/mol. The van der Waals surface area contributed by atoms with Crippen molar-refractivity contribution in [2.45, 2.75) is 39.5 Å². The van der Waals surface area contributed by atoms with Crippen LogP contribution in [0.2, 0.25) is 0 Å². The molecule has 1 N–H and O–H groups in total. The number of benzene rings is 2. The first-order valence-corrected chi connectivity index (χ1v) is 13.5. The minimum atomic E-state index is -0.0373. The summed E-state index contributed by atoms with van der Waals surface area (Å²) >= 11 is 1.64. The van der Waals surface area contributed by atoms with E-state index in [0.717, 1.165) is 69.6 Å². The molecule has 2 aromatic carbocycles. The van der Waals surface area contributed by atoms with E-state index in [1.54, 1.807) is 25.6 Å². The Morgan fingerprint density at radius 2 is 1.76 bits per heavy atom. The van der Waals surface area contributed by atoms with Crippen molar-refractivity contribution in [2.24, 2.45) is 10.9 Å². The number of thiophene rings is 1. The van der Waals surface area contributed by atoms with E-state index in [1.165, 1.54) is 4.88 Å². The van der Waals surface area contributed by atoms with Gasteiger partial charge in [-0.05, 0) is 79.6 Å². The number of rotatable bonds is 7. The number of fused-ring (bicyclic) bond motifs is 2. The third kappa shape index (κ3) is 5.27. The van der Waals surface area contributed by atoms with Crippen molar-refractivity contribution in [3.05, 3.63) is 69.9 Å². The van der Waals surface area contributed by atoms with Crippen LogP contribution in [0.15, 0.2) is 57.9 Å². The van der Waals surface area contributed by atoms with Crippen molar-refractivity contribution in [3.8, 4) is 22.8 Å². The van der Waals surface area contributed by atoms with Crippen LogP contribution < -0.4 is 20.1 Å². The second-order valence-corrected chi connectivity index (χ2v) is 10.8. The Kier molecular flexibility index (Phi) is 7.33. The first-order chi connectivity index (χ1) is 18.0. The molecule has 0 aliphatic heterocycles. The van der Waals surface area contributed by atoms with Crippen molar-refractivity contribution in [1.29, 1.82) is 0 Å². The molecule has 0 saturated heterocycles. The predicted molar refractivity (Wildman–Crippen MR) is 148 cm³/mol. The van der Waals surface area contributed by atoms with Crippen LogP contribution in [0.25, 0.3) is 22.3 Å². The largest absolute Gasteiger partial charge is 0.497 e. The Morgan fingerprint density at radius 3 is 2.49 bits per heavy atom. The molecule has 0 fully saturated rings. The molecule has 1 aliphatic carbocycles. The fraction of sp³-hybridized carbons (Fsp3) is 0.333. The van der Waals surface area contributed by atoms with Crippen LogP contribution >= 0.6 is 11.3 Å². The molecule has 0 unspecified atom stereocenters. The summed E-state index contributed by atoms with van der Waals surface area (Å²) in [6, 6.07) is 15.4. The molecule has 37 heavy (non-hydrogen) atoms. The lowest BCUT2D eigenvalue weighted by Gasteiger charge is -2.13. The molecule has 0 bridgehead atoms. The van der Waals surface area contributed by atoms with Gasteiger partial charge in [0, 0.05) is 28.4 Å². The number of carbonyl (C=O) groups is 1. The number of nitrogens with zero attached hydrogens (tertiary/aromatic N) is 1. The second-order valence-electron chi connectivity index (χ2n) is 9.69. The number of nitrogens with one attached hydrogen (secondary N) is 1. The molecule has 7 heteroatoms. The Balaban J connectivity index is 1.71. The van der Waals surface area contributed by atoms with Crippen LogP contribution in [0.1, 0.15) is 47.5 Å². The molecular weight excluding hydrogens is 484 g/mol. The molecule has 0 radical (unpaired) electrons. The maximum Gasteiger partial charge on any atom is 0.254 e. The number of aryl methyl sites for hydroxylation is 1. The van der Waals surface area contributed by atoms with Crippen molar-refractivity contribution in [1.82, 2.24) is 5.32 Å². The lowest BCUT2D eigenvalue weighted by molar-refractivity contribution is 0.0949. The smallest absolute Gasteiger partial charge is 0.254 e. The molecular formula is C30H32N2O4S. The summed E-state index contributed by atoms with van der Waals surface area (Å²) in [5.41, 5.74) is 3.49. The topological polar surface area (TPSA) is 73.1 Å². The summed E-state index contributed by atoms with van der Waals surface area (Å²) in [5.74, 6) is 2.52. The van der Waals surface area contributed by atoms with Gasteiger partial charge in [-0.25, -0.2) is 4.99 Å². The van der Waals surface area contributed by atoms with Gasteiger partial charge >= 0.3 is 0 Å². The normalized spacial score (nSPS) is 13.6. The molecule has 0 saturated carbocycles. The maximum atomic E-state index is 13.4. The predicted octanol–water partition coefficient (Wildman–Crippen LogP) is 6.68. The van der Waals surface area contributed by atoms with Gasteiger partial charge in [-0.3, -0.25) is 4.79 Å². The SMILES string of the molecule is COc1ccc(-c2cc(=Nc3sc4c(c3C(=O)NCC(C)C)CCCC4)c3cc(OC)ccc3o2)cc1. The zero-order valence-corrected chi connectivity index (χ0v) is 22.5. The molecule has 0 spiro atoms. The van der Waals surface area contributed by atoms with Crippen molar-refractivity contribution in [2.75, 3.05) is 20.8 Å². The van der Waals surface area contributed by atoms with Gasteiger partial charge in [0.2, 0.25) is 0 Å². The van der Waals surface area contributed by atoms with Gasteiger partial charge in [-0.2, -0.15) is 0 Å². The zero-order valence-electron chi connectivity index (χ0n) is 21.7. The van der Waals surface area contributed by atoms with Crippen LogP contribution in [0.4, 0.5) is 5.00 Å². The third-order valence-electron chi connectivity index (χ3n) is 6.60. The van der Waals surface area contributed by atoms with E-state index in [1.807, 2.05) is 48.5 Å². The van der Waals surface area contributed by atoms with E-state index >= 15 is 0 Å². The summed E-state index contributed by atoms with van der Waals surface area (Å²) in [6.45, 7) is 4.83. The highest BCUT2D eigenvalue weighted by Crippen LogP contribution is 2.40. The molecule has 1 aliphatic rings. The minimum Gasteiger partial charge on any atom is -0.497 e. The van der Waals surface area contributed by atoms with E-state index in [9.17, 15) is 4.79 Å². The first kappa shape index (κ1) is 25.1. The Morgan fingerprint density at radius 1 is 1.03 bits per heavy atom. The number of carbonyl (C=O) groups excluding carboxylic acids is 1. The number of methoxy groups -OCH3 is 2. The van der Waals surface area contributed by atoms with Gasteiger partial charge in [0.05, 0.1) is 25.1 Å². The molecule has 2 aromatic heterocycles. The lowest BCUT2D eigenvalue weighted by Crippen LogP contribution is -2.28. The van der Waals surface area contributed by atoms with Gasteiger partial charge in [0.25, 0.3) is 5.91 Å². The van der Waals surface area contributed by atoms with Crippen LogP contribution in [-0.4, -0.2) is 26.7 Å². The number of ether oxygens (including phenoxy) is 2. The second kappa shape index (κ2) is 10.8. The van der Waals surface area contributed by atoms with Crippen molar-refractivity contribution in [3.63, 3.8) is 0 Å². The quantitative estimate of drug-likeness (QED) is 0.298. The van der Waals surface area contributed by atoms with Crippen molar-refractivity contribution < 1.29 is 18.7 Å². The Labute approximate surface area is 221 Å². The molecule has 6 nitrogen and oxygen atoms in total. The monoisotopic (exact) mass is 516 g/mol. The maximum absolute atomic E-state index is 13.4. The fourth-order valence-electron chi connectivity index (χ4n) is 4.62. The van der Waals surface area contributed by atoms with Crippen LogP contribution in [0, 0.1) is 5.92 Å².